The Bertz CT molecular complexity index is 490. The van der Waals surface area contributed by atoms with E-state index >= 15 is 0 Å². The van der Waals surface area contributed by atoms with Crippen LogP contribution in [-0.4, -0.2) is 4.98 Å². The van der Waals surface area contributed by atoms with Crippen molar-refractivity contribution in [3.8, 4) is 12.3 Å². The first-order valence-corrected chi connectivity index (χ1v) is 4.59. The van der Waals surface area contributed by atoms with Crippen LogP contribution in [0.2, 0.25) is 0 Å². The van der Waals surface area contributed by atoms with Crippen LogP contribution in [-0.2, 0) is 6.42 Å². The van der Waals surface area contributed by atoms with Crippen molar-refractivity contribution in [3.63, 3.8) is 0 Å². The molecule has 0 saturated carbocycles. The number of fused-ring (bicyclic) bond motifs is 1. The van der Waals surface area contributed by atoms with Gasteiger partial charge in [-0.2, -0.15) is 0 Å². The van der Waals surface area contributed by atoms with Crippen LogP contribution in [0.4, 0.5) is 0 Å². The molecule has 14 heavy (non-hydrogen) atoms. The predicted molar refractivity (Wildman–Crippen MR) is 55.9 cm³/mol. The lowest BCUT2D eigenvalue weighted by atomic mass is 10.2. The van der Waals surface area contributed by atoms with Crippen LogP contribution in [0.1, 0.15) is 17.9 Å². The van der Waals surface area contributed by atoms with Gasteiger partial charge in [-0.1, -0.05) is 6.07 Å². The third kappa shape index (κ3) is 1.62. The Morgan fingerprint density at radius 2 is 2.36 bits per heavy atom. The highest BCUT2D eigenvalue weighted by Crippen LogP contribution is 2.17. The summed E-state index contributed by atoms with van der Waals surface area (Å²) >= 11 is 0. The van der Waals surface area contributed by atoms with Gasteiger partial charge in [0.25, 0.3) is 0 Å². The first-order chi connectivity index (χ1) is 6.79. The average Bonchev–Trinajstić information content (AvgIpc) is 2.56. The topological polar surface area (TPSA) is 26.0 Å². The van der Waals surface area contributed by atoms with E-state index in [-0.39, 0.29) is 0 Å². The van der Waals surface area contributed by atoms with E-state index in [2.05, 4.69) is 10.9 Å². The fraction of sp³-hybridized carbons (Fsp3) is 0.250. The van der Waals surface area contributed by atoms with Crippen LogP contribution < -0.4 is 0 Å². The molecule has 1 aromatic carbocycles. The van der Waals surface area contributed by atoms with Crippen molar-refractivity contribution in [2.75, 3.05) is 0 Å². The number of aryl methyl sites for hydroxylation is 2. The Labute approximate surface area is 83.0 Å². The Kier molecular flexibility index (Phi) is 2.24. The fourth-order valence-corrected chi connectivity index (χ4v) is 1.37. The van der Waals surface area contributed by atoms with E-state index in [4.69, 9.17) is 10.8 Å². The number of aromatic nitrogens is 1. The second-order valence-electron chi connectivity index (χ2n) is 3.28. The van der Waals surface area contributed by atoms with Gasteiger partial charge in [0.15, 0.2) is 11.5 Å². The molecule has 0 radical (unpaired) electrons. The smallest absolute Gasteiger partial charge is 0.196 e. The average molecular weight is 185 g/mol. The van der Waals surface area contributed by atoms with Gasteiger partial charge in [0.05, 0.1) is 0 Å². The Hall–Kier alpha value is -1.75. The van der Waals surface area contributed by atoms with Crippen molar-refractivity contribution >= 4 is 11.1 Å². The first kappa shape index (κ1) is 8.83. The van der Waals surface area contributed by atoms with E-state index in [0.29, 0.717) is 12.8 Å². The minimum Gasteiger partial charge on any atom is -0.441 e. The highest BCUT2D eigenvalue weighted by atomic mass is 16.3. The van der Waals surface area contributed by atoms with Gasteiger partial charge in [0.1, 0.15) is 5.52 Å². The van der Waals surface area contributed by atoms with E-state index in [0.717, 1.165) is 17.0 Å². The molecule has 0 aliphatic rings. The summed E-state index contributed by atoms with van der Waals surface area (Å²) in [5, 5.41) is 0. The van der Waals surface area contributed by atoms with Crippen LogP contribution in [0.25, 0.3) is 11.1 Å². The number of benzene rings is 1. The highest BCUT2D eigenvalue weighted by molar-refractivity contribution is 5.73. The molecule has 1 aromatic heterocycles. The largest absolute Gasteiger partial charge is 0.441 e. The van der Waals surface area contributed by atoms with Gasteiger partial charge in [0.2, 0.25) is 0 Å². The molecule has 2 nitrogen and oxygen atoms in total. The maximum absolute atomic E-state index is 5.54. The third-order valence-electron chi connectivity index (χ3n) is 2.07. The molecule has 0 amide bonds. The van der Waals surface area contributed by atoms with Crippen molar-refractivity contribution < 1.29 is 4.42 Å². The van der Waals surface area contributed by atoms with Crippen molar-refractivity contribution in [2.24, 2.45) is 0 Å². The van der Waals surface area contributed by atoms with Crippen LogP contribution in [0.15, 0.2) is 22.6 Å². The summed E-state index contributed by atoms with van der Waals surface area (Å²) < 4.78 is 5.54. The van der Waals surface area contributed by atoms with E-state index in [1.807, 2.05) is 25.1 Å². The molecule has 0 bridgehead atoms. The number of nitrogens with zero attached hydrogens (tertiary/aromatic N) is 1. The van der Waals surface area contributed by atoms with E-state index in [9.17, 15) is 0 Å². The van der Waals surface area contributed by atoms with Crippen LogP contribution in [0.3, 0.4) is 0 Å². The maximum atomic E-state index is 5.54. The van der Waals surface area contributed by atoms with Gasteiger partial charge < -0.3 is 4.42 Å². The van der Waals surface area contributed by atoms with E-state index < -0.39 is 0 Å². The van der Waals surface area contributed by atoms with Crippen molar-refractivity contribution in [1.29, 1.82) is 0 Å². The molecule has 0 saturated heterocycles. The normalized spacial score (nSPS) is 10.3. The second-order valence-corrected chi connectivity index (χ2v) is 3.28. The zero-order valence-electron chi connectivity index (χ0n) is 8.08. The molecule has 1 heterocycles. The lowest BCUT2D eigenvalue weighted by molar-refractivity contribution is 0.531. The second kappa shape index (κ2) is 3.55. The minimum absolute atomic E-state index is 0.672. The Morgan fingerprint density at radius 1 is 1.50 bits per heavy atom. The molecular weight excluding hydrogens is 174 g/mol. The van der Waals surface area contributed by atoms with Crippen LogP contribution in [0, 0.1) is 19.3 Å². The van der Waals surface area contributed by atoms with Gasteiger partial charge >= 0.3 is 0 Å². The fourth-order valence-electron chi connectivity index (χ4n) is 1.37. The van der Waals surface area contributed by atoms with Gasteiger partial charge in [-0.25, -0.2) is 4.98 Å². The van der Waals surface area contributed by atoms with Gasteiger partial charge in [-0.15, -0.1) is 12.3 Å². The molecule has 0 unspecified atom stereocenters. The molecule has 0 fully saturated rings. The molecule has 2 rings (SSSR count). The predicted octanol–water partition coefficient (Wildman–Crippen LogP) is 2.70. The molecule has 0 aliphatic carbocycles. The lowest BCUT2D eigenvalue weighted by Gasteiger charge is -1.88. The quantitative estimate of drug-likeness (QED) is 0.672. The summed E-state index contributed by atoms with van der Waals surface area (Å²) in [5.41, 5.74) is 2.93. The summed E-state index contributed by atoms with van der Waals surface area (Å²) in [6.45, 7) is 2.03. The first-order valence-electron chi connectivity index (χ1n) is 4.59. The van der Waals surface area contributed by atoms with Gasteiger partial charge in [-0.3, -0.25) is 0 Å². The van der Waals surface area contributed by atoms with Crippen molar-refractivity contribution in [2.45, 2.75) is 19.8 Å². The molecular formula is C12H11NO. The SMILES string of the molecule is C#CCCc1nc2ccc(C)cc2o1. The zero-order chi connectivity index (χ0) is 9.97. The number of terminal acetylenes is 1. The molecule has 0 atom stereocenters. The maximum Gasteiger partial charge on any atom is 0.196 e. The number of rotatable bonds is 2. The molecule has 70 valence electrons. The van der Waals surface area contributed by atoms with Gasteiger partial charge in [-0.05, 0) is 24.6 Å². The van der Waals surface area contributed by atoms with Gasteiger partial charge in [0, 0.05) is 12.8 Å². The van der Waals surface area contributed by atoms with Crippen LogP contribution in [0.5, 0.6) is 0 Å². The van der Waals surface area contributed by atoms with Crippen molar-refractivity contribution in [1.82, 2.24) is 4.98 Å². The molecule has 0 aliphatic heterocycles. The molecule has 0 spiro atoms. The monoisotopic (exact) mass is 185 g/mol. The third-order valence-corrected chi connectivity index (χ3v) is 2.07. The highest BCUT2D eigenvalue weighted by Gasteiger charge is 2.04. The summed E-state index contributed by atoms with van der Waals surface area (Å²) in [5.74, 6) is 3.30. The molecule has 2 heteroatoms. The zero-order valence-corrected chi connectivity index (χ0v) is 8.08. The standard InChI is InChI=1S/C12H11NO/c1-3-4-5-12-13-10-7-6-9(2)8-11(10)14-12/h1,6-8H,4-5H2,2H3. The summed E-state index contributed by atoms with van der Waals surface area (Å²) in [4.78, 5) is 4.33. The minimum atomic E-state index is 0.672. The summed E-state index contributed by atoms with van der Waals surface area (Å²) in [6.07, 6.45) is 6.56. The number of hydrogen-bond donors (Lipinski definition) is 0. The Morgan fingerprint density at radius 3 is 3.14 bits per heavy atom. The molecule has 0 N–H and O–H groups in total. The van der Waals surface area contributed by atoms with Crippen LogP contribution >= 0.6 is 0 Å². The van der Waals surface area contributed by atoms with E-state index in [1.165, 1.54) is 5.56 Å². The lowest BCUT2D eigenvalue weighted by Crippen LogP contribution is -1.81. The Balaban J connectivity index is 2.37. The van der Waals surface area contributed by atoms with Crippen molar-refractivity contribution in [3.05, 3.63) is 29.7 Å². The van der Waals surface area contributed by atoms with E-state index in [1.54, 1.807) is 0 Å². The number of oxazole rings is 1. The number of hydrogen-bond acceptors (Lipinski definition) is 2. The molecule has 2 aromatic rings. The summed E-state index contributed by atoms with van der Waals surface area (Å²) in [7, 11) is 0. The summed E-state index contributed by atoms with van der Waals surface area (Å²) in [6, 6.07) is 5.98.